The topological polar surface area (TPSA) is 59.0 Å². The van der Waals surface area contributed by atoms with Crippen LogP contribution in [0.3, 0.4) is 0 Å². The summed E-state index contributed by atoms with van der Waals surface area (Å²) in [5.74, 6) is 0. The Hall–Kier alpha value is -0.593. The van der Waals surface area contributed by atoms with E-state index < -0.39 is 19.5 Å². The molecule has 0 aliphatic carbocycles. The molecule has 5 nitrogen and oxygen atoms in total. The second kappa shape index (κ2) is 7.67. The summed E-state index contributed by atoms with van der Waals surface area (Å²) in [5, 5.41) is 11.4. The highest BCUT2D eigenvalue weighted by atomic mass is 28.4. The minimum absolute atomic E-state index is 0.0743. The average molecular weight is 400 g/mol. The first kappa shape index (κ1) is 22.7. The third-order valence-corrected chi connectivity index (χ3v) is 11.1. The van der Waals surface area contributed by atoms with Crippen LogP contribution in [0, 0.1) is 0 Å². The summed E-state index contributed by atoms with van der Waals surface area (Å²) < 4.78 is 11.9. The lowest BCUT2D eigenvalue weighted by Crippen LogP contribution is -2.60. The molecule has 0 aromatic carbocycles. The highest BCUT2D eigenvalue weighted by Crippen LogP contribution is 2.42. The van der Waals surface area contributed by atoms with Crippen molar-refractivity contribution < 1.29 is 19.1 Å². The first-order chi connectivity index (χ1) is 12.1. The summed E-state index contributed by atoms with van der Waals surface area (Å²) in [7, 11) is -1.80. The Morgan fingerprint density at radius 2 is 1.63 bits per heavy atom. The summed E-state index contributed by atoms with van der Waals surface area (Å²) in [4.78, 5) is 14.6. The Kier molecular flexibility index (Phi) is 6.45. The van der Waals surface area contributed by atoms with E-state index in [9.17, 15) is 9.90 Å². The quantitative estimate of drug-likeness (QED) is 0.670. The Bertz CT molecular complexity index is 521. The zero-order valence-electron chi connectivity index (χ0n) is 18.7. The molecule has 0 radical (unpaired) electrons. The third kappa shape index (κ3) is 5.70. The maximum atomic E-state index is 12.7. The van der Waals surface area contributed by atoms with Crippen molar-refractivity contribution in [3.8, 4) is 0 Å². The molecule has 0 saturated carbocycles. The molecule has 1 N–H and O–H groups in total. The van der Waals surface area contributed by atoms with Gasteiger partial charge in [-0.05, 0) is 77.4 Å². The monoisotopic (exact) mass is 399 g/mol. The van der Waals surface area contributed by atoms with Crippen LogP contribution in [0.15, 0.2) is 0 Å². The van der Waals surface area contributed by atoms with Gasteiger partial charge in [0, 0.05) is 18.7 Å². The average Bonchev–Trinajstić information content (AvgIpc) is 2.42. The second-order valence-electron chi connectivity index (χ2n) is 11.1. The summed E-state index contributed by atoms with van der Waals surface area (Å²) in [6.07, 6.45) is 4.69. The van der Waals surface area contributed by atoms with Crippen molar-refractivity contribution in [3.63, 3.8) is 0 Å². The van der Waals surface area contributed by atoms with Gasteiger partial charge in [0.2, 0.25) is 0 Å². The van der Waals surface area contributed by atoms with Crippen molar-refractivity contribution in [3.05, 3.63) is 0 Å². The zero-order chi connectivity index (χ0) is 20.7. The van der Waals surface area contributed by atoms with E-state index in [0.29, 0.717) is 25.9 Å². The molecule has 2 aliphatic heterocycles. The van der Waals surface area contributed by atoms with Crippen LogP contribution in [0.1, 0.15) is 80.1 Å². The van der Waals surface area contributed by atoms with Crippen molar-refractivity contribution in [2.75, 3.05) is 6.61 Å². The molecule has 2 fully saturated rings. The van der Waals surface area contributed by atoms with Crippen LogP contribution in [0.25, 0.3) is 0 Å². The largest absolute Gasteiger partial charge is 0.444 e. The van der Waals surface area contributed by atoms with Crippen LogP contribution in [0.5, 0.6) is 0 Å². The Morgan fingerprint density at radius 1 is 1.11 bits per heavy atom. The minimum Gasteiger partial charge on any atom is -0.444 e. The van der Waals surface area contributed by atoms with Gasteiger partial charge < -0.3 is 19.2 Å². The summed E-state index contributed by atoms with van der Waals surface area (Å²) in [5.41, 5.74) is -1.23. The first-order valence-electron chi connectivity index (χ1n) is 10.5. The molecule has 0 aromatic rings. The SMILES string of the molecule is CC(C)(C)OC(=O)N1C2CCCC1CC(O)(CCO[Si](C)(C)C(C)(C)C)C2. The minimum atomic E-state index is -1.80. The number of carbonyl (C=O) groups is 1. The fourth-order valence-corrected chi connectivity index (χ4v) is 5.10. The van der Waals surface area contributed by atoms with Gasteiger partial charge in [-0.2, -0.15) is 0 Å². The summed E-state index contributed by atoms with van der Waals surface area (Å²) in [6, 6.07) is 0.149. The summed E-state index contributed by atoms with van der Waals surface area (Å²) in [6.45, 7) is 17.5. The molecule has 158 valence electrons. The molecule has 2 heterocycles. The number of ether oxygens (including phenoxy) is 1. The number of amides is 1. The maximum Gasteiger partial charge on any atom is 0.410 e. The number of nitrogens with zero attached hydrogens (tertiary/aromatic N) is 1. The fourth-order valence-electron chi connectivity index (χ4n) is 4.06. The van der Waals surface area contributed by atoms with Gasteiger partial charge >= 0.3 is 6.09 Å². The van der Waals surface area contributed by atoms with Crippen LogP contribution in [0.4, 0.5) is 4.79 Å². The number of aliphatic hydroxyl groups is 1. The molecule has 1 amide bonds. The van der Waals surface area contributed by atoms with Crippen LogP contribution in [-0.2, 0) is 9.16 Å². The van der Waals surface area contributed by atoms with Gasteiger partial charge in [-0.3, -0.25) is 0 Å². The lowest BCUT2D eigenvalue weighted by Gasteiger charge is -2.52. The molecule has 0 aromatic heterocycles. The Labute approximate surface area is 166 Å². The van der Waals surface area contributed by atoms with Crippen molar-refractivity contribution in [2.45, 2.75) is 121 Å². The highest BCUT2D eigenvalue weighted by molar-refractivity contribution is 6.74. The molecule has 2 atom stereocenters. The highest BCUT2D eigenvalue weighted by Gasteiger charge is 2.48. The summed E-state index contributed by atoms with van der Waals surface area (Å²) >= 11 is 0. The van der Waals surface area contributed by atoms with E-state index >= 15 is 0 Å². The number of carbonyl (C=O) groups excluding carboxylic acids is 1. The molecule has 2 aliphatic rings. The van der Waals surface area contributed by atoms with E-state index in [2.05, 4.69) is 33.9 Å². The van der Waals surface area contributed by atoms with Crippen molar-refractivity contribution in [2.24, 2.45) is 0 Å². The van der Waals surface area contributed by atoms with Gasteiger partial charge in [0.25, 0.3) is 0 Å². The van der Waals surface area contributed by atoms with Crippen molar-refractivity contribution in [1.82, 2.24) is 4.90 Å². The smallest absolute Gasteiger partial charge is 0.410 e. The predicted octanol–water partition coefficient (Wildman–Crippen LogP) is 5.08. The fraction of sp³-hybridized carbons (Fsp3) is 0.952. The van der Waals surface area contributed by atoms with Crippen molar-refractivity contribution >= 4 is 14.4 Å². The van der Waals surface area contributed by atoms with Crippen molar-refractivity contribution in [1.29, 1.82) is 0 Å². The third-order valence-electron chi connectivity index (χ3n) is 6.53. The van der Waals surface area contributed by atoms with Crippen LogP contribution in [-0.4, -0.2) is 54.3 Å². The standard InChI is InChI=1S/C21H41NO4Si/c1-19(2,3)26-18(23)22-16-10-9-11-17(22)15-21(24,14-16)12-13-25-27(7,8)20(4,5)6/h16-17,24H,9-15H2,1-8H3. The van der Waals surface area contributed by atoms with E-state index in [1.807, 2.05) is 25.7 Å². The number of rotatable bonds is 4. The van der Waals surface area contributed by atoms with E-state index in [1.165, 1.54) is 0 Å². The molecule has 6 heteroatoms. The Morgan fingerprint density at radius 3 is 2.07 bits per heavy atom. The van der Waals surface area contributed by atoms with Crippen LogP contribution < -0.4 is 0 Å². The number of hydrogen-bond donors (Lipinski definition) is 1. The van der Waals surface area contributed by atoms with Gasteiger partial charge in [0.1, 0.15) is 5.60 Å². The molecule has 2 bridgehead atoms. The molecule has 2 saturated heterocycles. The van der Waals surface area contributed by atoms with Crippen LogP contribution >= 0.6 is 0 Å². The normalized spacial score (nSPS) is 29.6. The van der Waals surface area contributed by atoms with Gasteiger partial charge in [-0.25, -0.2) is 4.79 Å². The predicted molar refractivity (Wildman–Crippen MR) is 111 cm³/mol. The van der Waals surface area contributed by atoms with Gasteiger partial charge in [-0.15, -0.1) is 0 Å². The molecular formula is C21H41NO4Si. The number of piperidine rings is 2. The van der Waals surface area contributed by atoms with Crippen LogP contribution in [0.2, 0.25) is 18.1 Å². The first-order valence-corrected chi connectivity index (χ1v) is 13.4. The lowest BCUT2D eigenvalue weighted by molar-refractivity contribution is -0.0995. The molecular weight excluding hydrogens is 358 g/mol. The van der Waals surface area contributed by atoms with Gasteiger partial charge in [0.15, 0.2) is 8.32 Å². The Balaban J connectivity index is 1.99. The lowest BCUT2D eigenvalue weighted by atomic mass is 9.74. The maximum absolute atomic E-state index is 12.7. The molecule has 2 unspecified atom stereocenters. The molecule has 0 spiro atoms. The van der Waals surface area contributed by atoms with E-state index in [4.69, 9.17) is 9.16 Å². The second-order valence-corrected chi connectivity index (χ2v) is 15.9. The van der Waals surface area contributed by atoms with E-state index in [0.717, 1.165) is 19.3 Å². The molecule has 27 heavy (non-hydrogen) atoms. The van der Waals surface area contributed by atoms with Gasteiger partial charge in [-0.1, -0.05) is 20.8 Å². The zero-order valence-corrected chi connectivity index (χ0v) is 19.7. The van der Waals surface area contributed by atoms with E-state index in [-0.39, 0.29) is 23.2 Å². The number of hydrogen-bond acceptors (Lipinski definition) is 4. The molecule has 2 rings (SSSR count). The van der Waals surface area contributed by atoms with Gasteiger partial charge in [0.05, 0.1) is 5.60 Å². The van der Waals surface area contributed by atoms with E-state index in [1.54, 1.807) is 0 Å². The number of fused-ring (bicyclic) bond motifs is 2.